The number of hydrogen-bond donors (Lipinski definition) is 2. The van der Waals surface area contributed by atoms with E-state index in [4.69, 9.17) is 4.74 Å². The lowest BCUT2D eigenvalue weighted by Gasteiger charge is -2.45. The van der Waals surface area contributed by atoms with Crippen molar-refractivity contribution in [3.05, 3.63) is 42.8 Å². The zero-order valence-corrected chi connectivity index (χ0v) is 17.5. The minimum atomic E-state index is -0.925. The van der Waals surface area contributed by atoms with Crippen LogP contribution in [0.1, 0.15) is 22.8 Å². The van der Waals surface area contributed by atoms with E-state index in [9.17, 15) is 19.5 Å². The topological polar surface area (TPSA) is 96.5 Å². The fraction of sp³-hybridized carbons (Fsp3) is 0.421. The molecular formula is C19H14BrNO5S2. The van der Waals surface area contributed by atoms with Gasteiger partial charge in [-0.2, -0.15) is 0 Å². The van der Waals surface area contributed by atoms with Crippen molar-refractivity contribution in [2.75, 3.05) is 0 Å². The van der Waals surface area contributed by atoms with Crippen LogP contribution in [0, 0.1) is 29.6 Å². The summed E-state index contributed by atoms with van der Waals surface area (Å²) in [5, 5.41) is 10.8. The molecule has 1 aromatic carbocycles. The Balaban J connectivity index is 1.64. The molecule has 7 atom stereocenters. The van der Waals surface area contributed by atoms with Crippen LogP contribution in [0.3, 0.4) is 0 Å². The third-order valence-corrected chi connectivity index (χ3v) is 9.87. The van der Waals surface area contributed by atoms with Gasteiger partial charge in [-0.25, -0.2) is 0 Å². The number of aromatic nitrogens is 1. The van der Waals surface area contributed by atoms with Crippen molar-refractivity contribution in [1.82, 2.24) is 4.98 Å². The van der Waals surface area contributed by atoms with Gasteiger partial charge in [0.05, 0.1) is 16.9 Å². The molecule has 3 heterocycles. The molecule has 2 saturated carbocycles. The second-order valence-corrected chi connectivity index (χ2v) is 11.0. The maximum Gasteiger partial charge on any atom is 0.315 e. The molecule has 1 aromatic heterocycles. The Labute approximate surface area is 175 Å². The highest BCUT2D eigenvalue weighted by Crippen LogP contribution is 2.68. The van der Waals surface area contributed by atoms with Crippen molar-refractivity contribution < 1.29 is 19.4 Å². The number of H-pyrrole nitrogens is 1. The molecule has 6 rings (SSSR count). The van der Waals surface area contributed by atoms with Crippen LogP contribution < -0.4 is 9.61 Å². The van der Waals surface area contributed by atoms with Crippen LogP contribution in [0.5, 0.6) is 5.75 Å². The first-order valence-electron chi connectivity index (χ1n) is 9.07. The van der Waals surface area contributed by atoms with E-state index in [1.54, 1.807) is 17.8 Å². The summed E-state index contributed by atoms with van der Waals surface area (Å²) in [6, 6.07) is 5.54. The van der Waals surface area contributed by atoms with Crippen molar-refractivity contribution >= 4 is 51.0 Å². The normalized spacial score (nSPS) is 36.9. The summed E-state index contributed by atoms with van der Waals surface area (Å²) in [4.78, 5) is 41.0. The van der Waals surface area contributed by atoms with Crippen LogP contribution in [-0.2, 0) is 9.59 Å². The third-order valence-electron chi connectivity index (χ3n) is 6.79. The van der Waals surface area contributed by atoms with Crippen LogP contribution in [-0.4, -0.2) is 27.3 Å². The quantitative estimate of drug-likeness (QED) is 0.481. The SMILES string of the molecule is O=C(O)[C@@H]1[C@H]2C[C@H]3[C@@H]1C(=O)Oc1ccc(Br)cc1[C@@H]1c4sc(=O)[nH]c4S[C@H]2[C@H]13. The molecule has 2 fully saturated rings. The van der Waals surface area contributed by atoms with Crippen LogP contribution in [0.2, 0.25) is 0 Å². The molecule has 2 aliphatic carbocycles. The van der Waals surface area contributed by atoms with E-state index in [-0.39, 0.29) is 33.8 Å². The highest BCUT2D eigenvalue weighted by molar-refractivity contribution is 9.10. The van der Waals surface area contributed by atoms with Crippen LogP contribution in [0.4, 0.5) is 0 Å². The van der Waals surface area contributed by atoms with Crippen LogP contribution in [0.15, 0.2) is 32.5 Å². The number of thioether (sulfide) groups is 1. The molecule has 0 saturated heterocycles. The second-order valence-electron chi connectivity index (χ2n) is 7.90. The average molecular weight is 480 g/mol. The number of aromatic amines is 1. The number of carbonyl (C=O) groups is 2. The van der Waals surface area contributed by atoms with Gasteiger partial charge >= 0.3 is 16.8 Å². The first-order chi connectivity index (χ1) is 13.4. The number of ether oxygens (including phenoxy) is 1. The van der Waals surface area contributed by atoms with Gasteiger partial charge in [0, 0.05) is 26.1 Å². The highest BCUT2D eigenvalue weighted by Gasteiger charge is 2.67. The first-order valence-corrected chi connectivity index (χ1v) is 11.6. The zero-order valence-electron chi connectivity index (χ0n) is 14.3. The number of esters is 1. The average Bonchev–Trinajstić information content (AvgIpc) is 3.30. The molecule has 2 N–H and O–H groups in total. The molecule has 28 heavy (non-hydrogen) atoms. The summed E-state index contributed by atoms with van der Waals surface area (Å²) < 4.78 is 6.63. The standard InChI is InChI=1S/C19H14BrNO5S2/c20-5-1-2-9-6(3-5)10-11-7-4-8(12(17(22)23)13(7)18(24)26-9)14(11)27-16-15(10)28-19(25)21-16/h1-3,7-8,10-14H,4H2,(H,21,25)(H,22,23)/t7-,8-,10+,11+,12-,13+,14-/m1/s1. The number of nitrogens with one attached hydrogen (secondary N) is 1. The number of fused-ring (bicyclic) bond motifs is 6. The van der Waals surface area contributed by atoms with Crippen molar-refractivity contribution in [3.8, 4) is 5.75 Å². The monoisotopic (exact) mass is 479 g/mol. The summed E-state index contributed by atoms with van der Waals surface area (Å²) in [5.74, 6) is -2.33. The number of benzene rings is 1. The summed E-state index contributed by atoms with van der Waals surface area (Å²) >= 11 is 6.33. The van der Waals surface area contributed by atoms with Crippen LogP contribution >= 0.6 is 39.0 Å². The molecule has 2 aliphatic heterocycles. The second kappa shape index (κ2) is 5.73. The number of thiazole rings is 1. The molecule has 144 valence electrons. The molecule has 0 spiro atoms. The molecule has 9 heteroatoms. The van der Waals surface area contributed by atoms with Gasteiger partial charge in [-0.05, 0) is 42.4 Å². The number of rotatable bonds is 1. The number of aliphatic carboxylic acids is 1. The Kier molecular flexibility index (Phi) is 3.54. The fourth-order valence-electron chi connectivity index (χ4n) is 5.97. The number of carboxylic acid groups (broad SMARTS) is 1. The van der Waals surface area contributed by atoms with Gasteiger partial charge in [-0.3, -0.25) is 14.4 Å². The van der Waals surface area contributed by atoms with E-state index in [0.29, 0.717) is 5.75 Å². The Morgan fingerprint density at radius 1 is 1.29 bits per heavy atom. The van der Waals surface area contributed by atoms with Crippen molar-refractivity contribution in [2.24, 2.45) is 29.6 Å². The Morgan fingerprint density at radius 2 is 2.11 bits per heavy atom. The van der Waals surface area contributed by atoms with Gasteiger partial charge in [0.2, 0.25) is 0 Å². The van der Waals surface area contributed by atoms with E-state index in [2.05, 4.69) is 20.9 Å². The number of hydrogen-bond acceptors (Lipinski definition) is 6. The molecular weight excluding hydrogens is 466 g/mol. The van der Waals surface area contributed by atoms with E-state index in [0.717, 1.165) is 26.4 Å². The molecule has 6 nitrogen and oxygen atoms in total. The van der Waals surface area contributed by atoms with E-state index < -0.39 is 23.8 Å². The summed E-state index contributed by atoms with van der Waals surface area (Å²) in [6.07, 6.45) is 0.720. The van der Waals surface area contributed by atoms with Gasteiger partial charge in [-0.1, -0.05) is 27.3 Å². The van der Waals surface area contributed by atoms with Gasteiger partial charge in [0.1, 0.15) is 5.75 Å². The Morgan fingerprint density at radius 3 is 2.89 bits per heavy atom. The van der Waals surface area contributed by atoms with Gasteiger partial charge in [0.25, 0.3) is 0 Å². The first kappa shape index (κ1) is 17.3. The predicted octanol–water partition coefficient (Wildman–Crippen LogP) is 3.31. The zero-order chi connectivity index (χ0) is 19.3. The van der Waals surface area contributed by atoms with E-state index in [1.807, 2.05) is 12.1 Å². The third kappa shape index (κ3) is 2.12. The minimum absolute atomic E-state index is 0.0430. The van der Waals surface area contributed by atoms with Crippen molar-refractivity contribution in [3.63, 3.8) is 0 Å². The molecule has 2 bridgehead atoms. The summed E-state index contributed by atoms with van der Waals surface area (Å²) in [6.45, 7) is 0. The number of carboxylic acids is 1. The Hall–Kier alpha value is -1.58. The maximum atomic E-state index is 13.0. The Bertz CT molecular complexity index is 1110. The predicted molar refractivity (Wildman–Crippen MR) is 106 cm³/mol. The van der Waals surface area contributed by atoms with Gasteiger partial charge in [0.15, 0.2) is 0 Å². The molecule has 0 radical (unpaired) electrons. The molecule has 0 amide bonds. The van der Waals surface area contributed by atoms with E-state index >= 15 is 0 Å². The molecule has 0 unspecified atom stereocenters. The fourth-order valence-corrected chi connectivity index (χ4v) is 9.23. The minimum Gasteiger partial charge on any atom is -0.481 e. The lowest BCUT2D eigenvalue weighted by Crippen LogP contribution is -2.49. The maximum absolute atomic E-state index is 13.0. The smallest absolute Gasteiger partial charge is 0.315 e. The van der Waals surface area contributed by atoms with Crippen LogP contribution in [0.25, 0.3) is 0 Å². The largest absolute Gasteiger partial charge is 0.481 e. The summed E-state index contributed by atoms with van der Waals surface area (Å²) in [5.41, 5.74) is 0.896. The highest BCUT2D eigenvalue weighted by atomic mass is 79.9. The van der Waals surface area contributed by atoms with Gasteiger partial charge in [-0.15, -0.1) is 11.8 Å². The lowest BCUT2D eigenvalue weighted by molar-refractivity contribution is -0.156. The van der Waals surface area contributed by atoms with Crippen molar-refractivity contribution in [2.45, 2.75) is 22.6 Å². The van der Waals surface area contributed by atoms with Gasteiger partial charge < -0.3 is 14.8 Å². The van der Waals surface area contributed by atoms with E-state index in [1.165, 1.54) is 11.3 Å². The molecule has 2 aromatic rings. The summed E-state index contributed by atoms with van der Waals surface area (Å²) in [7, 11) is 0. The number of halogens is 1. The van der Waals surface area contributed by atoms with Crippen molar-refractivity contribution in [1.29, 1.82) is 0 Å². The number of carbonyl (C=O) groups excluding carboxylic acids is 1. The molecule has 4 aliphatic rings. The lowest BCUT2D eigenvalue weighted by atomic mass is 9.66.